The summed E-state index contributed by atoms with van der Waals surface area (Å²) in [5, 5.41) is 12.1. The van der Waals surface area contributed by atoms with Crippen molar-refractivity contribution in [2.75, 3.05) is 19.6 Å². The molecule has 0 bridgehead atoms. The lowest BCUT2D eigenvalue weighted by Gasteiger charge is -2.30. The van der Waals surface area contributed by atoms with E-state index in [1.807, 2.05) is 0 Å². The lowest BCUT2D eigenvalue weighted by molar-refractivity contribution is -0.192. The first-order chi connectivity index (χ1) is 12.6. The van der Waals surface area contributed by atoms with Crippen molar-refractivity contribution in [2.24, 2.45) is 5.73 Å². The van der Waals surface area contributed by atoms with Crippen LogP contribution in [0.15, 0.2) is 22.7 Å². The number of carbonyl (C=O) groups is 2. The second-order valence-corrected chi connectivity index (χ2v) is 5.87. The van der Waals surface area contributed by atoms with Gasteiger partial charge in [0.25, 0.3) is 0 Å². The molecule has 0 radical (unpaired) electrons. The van der Waals surface area contributed by atoms with E-state index in [0.29, 0.717) is 18.7 Å². The maximum Gasteiger partial charge on any atom is 0.490 e. The zero-order chi connectivity index (χ0) is 20.2. The molecule has 2 heterocycles. The Balaban J connectivity index is 0.000000321. The van der Waals surface area contributed by atoms with Crippen LogP contribution in [0.2, 0.25) is 0 Å². The van der Waals surface area contributed by atoms with Gasteiger partial charge in [0.2, 0.25) is 5.91 Å². The summed E-state index contributed by atoms with van der Waals surface area (Å²) in [5.41, 5.74) is 6.70. The molecule has 3 N–H and O–H groups in total. The van der Waals surface area contributed by atoms with Crippen molar-refractivity contribution < 1.29 is 36.8 Å². The average Bonchev–Trinajstić information content (AvgIpc) is 3.03. The van der Waals surface area contributed by atoms with E-state index in [4.69, 9.17) is 20.2 Å². The van der Waals surface area contributed by atoms with E-state index in [1.54, 1.807) is 11.0 Å². The Morgan fingerprint density at radius 1 is 1.30 bits per heavy atom. The van der Waals surface area contributed by atoms with Gasteiger partial charge in [-0.1, -0.05) is 5.16 Å². The fourth-order valence-corrected chi connectivity index (χ4v) is 2.76. The fourth-order valence-electron chi connectivity index (χ4n) is 2.76. The van der Waals surface area contributed by atoms with Gasteiger partial charge in [-0.25, -0.2) is 9.18 Å². The highest BCUT2D eigenvalue weighted by Gasteiger charge is 2.38. The molecular formula is C16H17F4N3O4. The lowest BCUT2D eigenvalue weighted by atomic mass is 9.91. The predicted octanol–water partition coefficient (Wildman–Crippen LogP) is 2.26. The molecule has 148 valence electrons. The van der Waals surface area contributed by atoms with Crippen molar-refractivity contribution in [1.82, 2.24) is 10.1 Å². The number of piperidine rings is 1. The van der Waals surface area contributed by atoms with Crippen molar-refractivity contribution in [3.63, 3.8) is 0 Å². The molecule has 1 aromatic heterocycles. The third-order valence-corrected chi connectivity index (χ3v) is 4.11. The van der Waals surface area contributed by atoms with E-state index in [9.17, 15) is 22.4 Å². The van der Waals surface area contributed by atoms with Crippen LogP contribution in [0.1, 0.15) is 24.5 Å². The van der Waals surface area contributed by atoms with Gasteiger partial charge in [-0.2, -0.15) is 13.2 Å². The number of carboxylic acids is 1. The van der Waals surface area contributed by atoms with Crippen LogP contribution in [-0.2, 0) is 9.59 Å². The van der Waals surface area contributed by atoms with Gasteiger partial charge in [0.05, 0.1) is 12.2 Å². The standard InChI is InChI=1S/C14H16FN3O2.C2HF3O2/c15-10-1-2-11-12(7-10)20-17-14(11)9-3-5-18(6-4-9)13(19)8-16;3-2(4,5)1(6)7/h1-2,7,9H,3-6,8,16H2;(H,6,7). The molecule has 1 aliphatic rings. The van der Waals surface area contributed by atoms with Gasteiger partial charge in [0, 0.05) is 30.5 Å². The van der Waals surface area contributed by atoms with Crippen molar-refractivity contribution in [2.45, 2.75) is 24.9 Å². The topological polar surface area (TPSA) is 110 Å². The highest BCUT2D eigenvalue weighted by atomic mass is 19.4. The number of halogens is 4. The van der Waals surface area contributed by atoms with E-state index < -0.39 is 12.1 Å². The Hall–Kier alpha value is -2.69. The van der Waals surface area contributed by atoms with Crippen molar-refractivity contribution in [3.8, 4) is 0 Å². The largest absolute Gasteiger partial charge is 0.490 e. The molecule has 1 fully saturated rings. The number of amides is 1. The normalized spacial score (nSPS) is 15.4. The quantitative estimate of drug-likeness (QED) is 0.760. The summed E-state index contributed by atoms with van der Waals surface area (Å²) in [4.78, 5) is 22.2. The van der Waals surface area contributed by atoms with Gasteiger partial charge < -0.3 is 20.3 Å². The summed E-state index contributed by atoms with van der Waals surface area (Å²) in [5.74, 6) is -2.87. The number of carbonyl (C=O) groups excluding carboxylic acids is 1. The number of likely N-dealkylation sites (tertiary alicyclic amines) is 1. The number of nitrogens with zero attached hydrogens (tertiary/aromatic N) is 2. The zero-order valence-electron chi connectivity index (χ0n) is 14.0. The molecule has 2 aromatic rings. The molecule has 0 unspecified atom stereocenters. The van der Waals surface area contributed by atoms with Crippen LogP contribution < -0.4 is 5.73 Å². The second-order valence-electron chi connectivity index (χ2n) is 5.87. The van der Waals surface area contributed by atoms with Crippen molar-refractivity contribution in [1.29, 1.82) is 0 Å². The first-order valence-corrected chi connectivity index (χ1v) is 7.96. The van der Waals surface area contributed by atoms with Gasteiger partial charge in [-0.05, 0) is 25.0 Å². The Kier molecular flexibility index (Phi) is 6.37. The number of hydrogen-bond acceptors (Lipinski definition) is 5. The maximum atomic E-state index is 13.1. The first-order valence-electron chi connectivity index (χ1n) is 7.96. The van der Waals surface area contributed by atoms with Crippen LogP contribution in [0.5, 0.6) is 0 Å². The van der Waals surface area contributed by atoms with Gasteiger partial charge in [0.15, 0.2) is 5.58 Å². The predicted molar refractivity (Wildman–Crippen MR) is 85.3 cm³/mol. The summed E-state index contributed by atoms with van der Waals surface area (Å²) in [6.45, 7) is 1.41. The third kappa shape index (κ3) is 5.16. The fraction of sp³-hybridized carbons (Fsp3) is 0.438. The number of fused-ring (bicyclic) bond motifs is 1. The highest BCUT2D eigenvalue weighted by Crippen LogP contribution is 2.32. The van der Waals surface area contributed by atoms with Crippen LogP contribution in [0, 0.1) is 5.82 Å². The minimum absolute atomic E-state index is 0.0180. The molecule has 27 heavy (non-hydrogen) atoms. The van der Waals surface area contributed by atoms with E-state index in [0.717, 1.165) is 23.9 Å². The smallest absolute Gasteiger partial charge is 0.475 e. The Labute approximate surface area is 150 Å². The number of carboxylic acid groups (broad SMARTS) is 1. The maximum absolute atomic E-state index is 13.1. The number of benzene rings is 1. The Morgan fingerprint density at radius 2 is 1.89 bits per heavy atom. The van der Waals surface area contributed by atoms with Crippen LogP contribution in [0.3, 0.4) is 0 Å². The molecule has 1 aromatic carbocycles. The summed E-state index contributed by atoms with van der Waals surface area (Å²) in [6, 6.07) is 4.46. The molecule has 1 aliphatic heterocycles. The van der Waals surface area contributed by atoms with E-state index >= 15 is 0 Å². The molecule has 1 saturated heterocycles. The molecule has 0 aliphatic carbocycles. The molecule has 7 nitrogen and oxygen atoms in total. The highest BCUT2D eigenvalue weighted by molar-refractivity contribution is 5.80. The molecule has 0 atom stereocenters. The summed E-state index contributed by atoms with van der Waals surface area (Å²) in [6.07, 6.45) is -3.44. The van der Waals surface area contributed by atoms with Gasteiger partial charge in [-0.3, -0.25) is 4.79 Å². The third-order valence-electron chi connectivity index (χ3n) is 4.11. The molecular weight excluding hydrogens is 374 g/mol. The van der Waals surface area contributed by atoms with Crippen LogP contribution >= 0.6 is 0 Å². The molecule has 3 rings (SSSR count). The summed E-state index contributed by atoms with van der Waals surface area (Å²) >= 11 is 0. The van der Waals surface area contributed by atoms with Crippen LogP contribution in [0.25, 0.3) is 11.0 Å². The monoisotopic (exact) mass is 391 g/mol. The number of alkyl halides is 3. The second kappa shape index (κ2) is 8.33. The number of aliphatic carboxylic acids is 1. The van der Waals surface area contributed by atoms with Crippen molar-refractivity contribution in [3.05, 3.63) is 29.7 Å². The number of hydrogen-bond donors (Lipinski definition) is 2. The van der Waals surface area contributed by atoms with Crippen molar-refractivity contribution >= 4 is 22.8 Å². The average molecular weight is 391 g/mol. The summed E-state index contributed by atoms with van der Waals surface area (Å²) in [7, 11) is 0. The SMILES string of the molecule is NCC(=O)N1CCC(c2noc3cc(F)ccc23)CC1.O=C(O)C(F)(F)F. The van der Waals surface area contributed by atoms with Crippen LogP contribution in [0.4, 0.5) is 17.6 Å². The minimum Gasteiger partial charge on any atom is -0.475 e. The summed E-state index contributed by atoms with van der Waals surface area (Å²) < 4.78 is 50.0. The number of nitrogens with two attached hydrogens (primary N) is 1. The van der Waals surface area contributed by atoms with E-state index in [2.05, 4.69) is 5.16 Å². The van der Waals surface area contributed by atoms with Gasteiger partial charge in [0.1, 0.15) is 5.82 Å². The van der Waals surface area contributed by atoms with Gasteiger partial charge in [-0.15, -0.1) is 0 Å². The number of aromatic nitrogens is 1. The Bertz CT molecular complexity index is 814. The van der Waals surface area contributed by atoms with E-state index in [1.165, 1.54) is 12.1 Å². The zero-order valence-corrected chi connectivity index (χ0v) is 14.0. The minimum atomic E-state index is -5.08. The van der Waals surface area contributed by atoms with E-state index in [-0.39, 0.29) is 24.2 Å². The number of rotatable bonds is 2. The lowest BCUT2D eigenvalue weighted by Crippen LogP contribution is -2.41. The van der Waals surface area contributed by atoms with Crippen LogP contribution in [-0.4, -0.2) is 52.9 Å². The van der Waals surface area contributed by atoms with Gasteiger partial charge >= 0.3 is 12.1 Å². The first kappa shape index (κ1) is 20.6. The molecule has 1 amide bonds. The molecule has 0 saturated carbocycles. The Morgan fingerprint density at radius 3 is 2.41 bits per heavy atom. The molecule has 11 heteroatoms. The molecule has 0 spiro atoms.